The molecular formula is C18H30N2O. The van der Waals surface area contributed by atoms with Crippen LogP contribution in [0.1, 0.15) is 44.7 Å². The van der Waals surface area contributed by atoms with Crippen LogP contribution < -0.4 is 10.1 Å². The number of likely N-dealkylation sites (N-methyl/N-ethyl adjacent to an activating group) is 1. The molecule has 1 aliphatic heterocycles. The maximum atomic E-state index is 5.65. The molecule has 0 spiro atoms. The third-order valence-electron chi connectivity index (χ3n) is 4.49. The van der Waals surface area contributed by atoms with Crippen LogP contribution in [0.25, 0.3) is 0 Å². The molecule has 21 heavy (non-hydrogen) atoms. The summed E-state index contributed by atoms with van der Waals surface area (Å²) in [4.78, 5) is 2.59. The molecule has 2 unspecified atom stereocenters. The van der Waals surface area contributed by atoms with Gasteiger partial charge in [-0.25, -0.2) is 0 Å². The molecule has 0 aromatic heterocycles. The highest BCUT2D eigenvalue weighted by molar-refractivity contribution is 5.29. The Hall–Kier alpha value is -1.06. The summed E-state index contributed by atoms with van der Waals surface area (Å²) < 4.78 is 5.65. The zero-order valence-electron chi connectivity index (χ0n) is 13.8. The Morgan fingerprint density at radius 1 is 1.29 bits per heavy atom. The summed E-state index contributed by atoms with van der Waals surface area (Å²) in [5.41, 5.74) is 1.35. The quantitative estimate of drug-likeness (QED) is 0.793. The first-order valence-electron chi connectivity index (χ1n) is 8.39. The van der Waals surface area contributed by atoms with Crippen LogP contribution in [0.3, 0.4) is 0 Å². The molecule has 1 fully saturated rings. The summed E-state index contributed by atoms with van der Waals surface area (Å²) >= 11 is 0. The zero-order chi connectivity index (χ0) is 15.1. The van der Waals surface area contributed by atoms with E-state index in [0.29, 0.717) is 6.04 Å². The van der Waals surface area contributed by atoms with Gasteiger partial charge in [-0.15, -0.1) is 0 Å². The van der Waals surface area contributed by atoms with Gasteiger partial charge in [0.1, 0.15) is 5.75 Å². The highest BCUT2D eigenvalue weighted by Gasteiger charge is 2.23. The predicted molar refractivity (Wildman–Crippen MR) is 88.9 cm³/mol. The van der Waals surface area contributed by atoms with Crippen molar-refractivity contribution in [2.45, 2.75) is 39.2 Å². The van der Waals surface area contributed by atoms with Gasteiger partial charge in [0.25, 0.3) is 0 Å². The lowest BCUT2D eigenvalue weighted by atomic mass is 10.1. The van der Waals surface area contributed by atoms with E-state index in [1.165, 1.54) is 31.5 Å². The number of rotatable bonds is 8. The number of hydrogen-bond acceptors (Lipinski definition) is 3. The van der Waals surface area contributed by atoms with Gasteiger partial charge >= 0.3 is 0 Å². The molecule has 1 aliphatic rings. The second-order valence-electron chi connectivity index (χ2n) is 6.08. The lowest BCUT2D eigenvalue weighted by Crippen LogP contribution is -2.32. The van der Waals surface area contributed by atoms with E-state index < -0.39 is 0 Å². The van der Waals surface area contributed by atoms with Gasteiger partial charge in [-0.05, 0) is 50.0 Å². The molecule has 0 saturated carbocycles. The number of benzene rings is 1. The van der Waals surface area contributed by atoms with Crippen molar-refractivity contribution in [3.8, 4) is 5.75 Å². The Bertz CT molecular complexity index is 404. The van der Waals surface area contributed by atoms with Crippen molar-refractivity contribution < 1.29 is 4.74 Å². The van der Waals surface area contributed by atoms with Crippen molar-refractivity contribution >= 4 is 0 Å². The largest absolute Gasteiger partial charge is 0.494 e. The molecule has 118 valence electrons. The SMILES string of the molecule is CCCOc1ccc(C(CN2CCC(CC)C2)NC)cc1. The highest BCUT2D eigenvalue weighted by Crippen LogP contribution is 2.23. The summed E-state index contributed by atoms with van der Waals surface area (Å²) in [7, 11) is 2.06. The van der Waals surface area contributed by atoms with Gasteiger partial charge in [-0.1, -0.05) is 32.4 Å². The molecular weight excluding hydrogens is 260 g/mol. The molecule has 3 nitrogen and oxygen atoms in total. The van der Waals surface area contributed by atoms with Gasteiger partial charge in [-0.2, -0.15) is 0 Å². The van der Waals surface area contributed by atoms with Crippen LogP contribution >= 0.6 is 0 Å². The summed E-state index contributed by atoms with van der Waals surface area (Å²) in [5.74, 6) is 1.87. The number of ether oxygens (including phenoxy) is 1. The van der Waals surface area contributed by atoms with Gasteiger partial charge in [0, 0.05) is 19.1 Å². The second-order valence-corrected chi connectivity index (χ2v) is 6.08. The van der Waals surface area contributed by atoms with E-state index in [1.54, 1.807) is 0 Å². The van der Waals surface area contributed by atoms with E-state index in [9.17, 15) is 0 Å². The Morgan fingerprint density at radius 2 is 2.05 bits per heavy atom. The van der Waals surface area contributed by atoms with Crippen LogP contribution in [0.5, 0.6) is 5.75 Å². The van der Waals surface area contributed by atoms with E-state index in [1.807, 2.05) is 0 Å². The summed E-state index contributed by atoms with van der Waals surface area (Å²) in [5, 5.41) is 3.46. The smallest absolute Gasteiger partial charge is 0.119 e. The minimum Gasteiger partial charge on any atom is -0.494 e. The van der Waals surface area contributed by atoms with Crippen molar-refractivity contribution in [3.63, 3.8) is 0 Å². The lowest BCUT2D eigenvalue weighted by molar-refractivity contribution is 0.287. The van der Waals surface area contributed by atoms with Gasteiger partial charge in [0.15, 0.2) is 0 Å². The van der Waals surface area contributed by atoms with Gasteiger partial charge in [0.05, 0.1) is 6.61 Å². The summed E-state index contributed by atoms with van der Waals surface area (Å²) in [6.07, 6.45) is 3.72. The third kappa shape index (κ3) is 4.72. The molecule has 1 aromatic carbocycles. The van der Waals surface area contributed by atoms with E-state index in [0.717, 1.165) is 31.2 Å². The average Bonchev–Trinajstić information content (AvgIpc) is 2.99. The molecule has 1 heterocycles. The number of nitrogens with zero attached hydrogens (tertiary/aromatic N) is 1. The standard InChI is InChI=1S/C18H30N2O/c1-4-12-21-17-8-6-16(7-9-17)18(19-3)14-20-11-10-15(5-2)13-20/h6-9,15,18-19H,4-5,10-14H2,1-3H3. The van der Waals surface area contributed by atoms with E-state index in [-0.39, 0.29) is 0 Å². The Morgan fingerprint density at radius 3 is 2.62 bits per heavy atom. The fourth-order valence-corrected chi connectivity index (χ4v) is 3.05. The Kier molecular flexibility index (Phi) is 6.52. The summed E-state index contributed by atoms with van der Waals surface area (Å²) in [6.45, 7) is 8.83. The van der Waals surface area contributed by atoms with Crippen LogP contribution in [-0.4, -0.2) is 38.2 Å². The van der Waals surface area contributed by atoms with Crippen LogP contribution in [0.2, 0.25) is 0 Å². The molecule has 0 amide bonds. The van der Waals surface area contributed by atoms with Crippen molar-refractivity contribution in [1.29, 1.82) is 0 Å². The molecule has 0 bridgehead atoms. The fourth-order valence-electron chi connectivity index (χ4n) is 3.05. The molecule has 3 heteroatoms. The van der Waals surface area contributed by atoms with Gasteiger partial charge in [-0.3, -0.25) is 0 Å². The molecule has 2 atom stereocenters. The monoisotopic (exact) mass is 290 g/mol. The van der Waals surface area contributed by atoms with Crippen LogP contribution in [0.15, 0.2) is 24.3 Å². The number of likely N-dealkylation sites (tertiary alicyclic amines) is 1. The van der Waals surface area contributed by atoms with Gasteiger partial charge < -0.3 is 15.0 Å². The minimum atomic E-state index is 0.404. The predicted octanol–water partition coefficient (Wildman–Crippen LogP) is 3.47. The molecule has 0 radical (unpaired) electrons. The maximum absolute atomic E-state index is 5.65. The van der Waals surface area contributed by atoms with Crippen molar-refractivity contribution in [1.82, 2.24) is 10.2 Å². The lowest BCUT2D eigenvalue weighted by Gasteiger charge is -2.24. The van der Waals surface area contributed by atoms with Crippen molar-refractivity contribution in [2.75, 3.05) is 33.3 Å². The molecule has 0 aliphatic carbocycles. The third-order valence-corrected chi connectivity index (χ3v) is 4.49. The second kappa shape index (κ2) is 8.40. The van der Waals surface area contributed by atoms with Crippen LogP contribution in [-0.2, 0) is 0 Å². The number of hydrogen-bond donors (Lipinski definition) is 1. The fraction of sp³-hybridized carbons (Fsp3) is 0.667. The Balaban J connectivity index is 1.91. The summed E-state index contributed by atoms with van der Waals surface area (Å²) in [6, 6.07) is 8.97. The first-order chi connectivity index (χ1) is 10.3. The minimum absolute atomic E-state index is 0.404. The molecule has 1 N–H and O–H groups in total. The molecule has 1 saturated heterocycles. The van der Waals surface area contributed by atoms with Crippen molar-refractivity contribution in [3.05, 3.63) is 29.8 Å². The maximum Gasteiger partial charge on any atom is 0.119 e. The van der Waals surface area contributed by atoms with Crippen molar-refractivity contribution in [2.24, 2.45) is 5.92 Å². The van der Waals surface area contributed by atoms with Crippen LogP contribution in [0, 0.1) is 5.92 Å². The van der Waals surface area contributed by atoms with Gasteiger partial charge in [0.2, 0.25) is 0 Å². The first-order valence-corrected chi connectivity index (χ1v) is 8.39. The molecule has 1 aromatic rings. The highest BCUT2D eigenvalue weighted by atomic mass is 16.5. The topological polar surface area (TPSA) is 24.5 Å². The Labute approximate surface area is 129 Å². The van der Waals surface area contributed by atoms with E-state index in [2.05, 4.69) is 55.4 Å². The van der Waals surface area contributed by atoms with E-state index >= 15 is 0 Å². The van der Waals surface area contributed by atoms with E-state index in [4.69, 9.17) is 4.74 Å². The molecule has 2 rings (SSSR count). The normalized spacial score (nSPS) is 20.6. The number of nitrogens with one attached hydrogen (secondary N) is 1. The zero-order valence-corrected chi connectivity index (χ0v) is 13.8. The average molecular weight is 290 g/mol. The van der Waals surface area contributed by atoms with Crippen LogP contribution in [0.4, 0.5) is 0 Å². The first kappa shape index (κ1) is 16.3.